The number of amides is 2. The monoisotopic (exact) mass is 382 g/mol. The number of alkyl halides is 2. The number of carbonyl (C=O) groups is 2. The molecule has 1 aliphatic rings. The first kappa shape index (κ1) is 23.0. The molecule has 2 atom stereocenters. The quantitative estimate of drug-likeness (QED) is 0.738. The Morgan fingerprint density at radius 2 is 2.15 bits per heavy atom. The minimum absolute atomic E-state index is 0.357. The molecule has 0 aromatic carbocycles. The Morgan fingerprint density at radius 3 is 2.74 bits per heavy atom. The molecule has 1 aromatic rings. The van der Waals surface area contributed by atoms with Crippen LogP contribution < -0.4 is 5.32 Å². The predicted octanol–water partition coefficient (Wildman–Crippen LogP) is 1.98. The van der Waals surface area contributed by atoms with Crippen molar-refractivity contribution in [2.45, 2.75) is 64.9 Å². The van der Waals surface area contributed by atoms with Crippen molar-refractivity contribution in [1.29, 1.82) is 0 Å². The van der Waals surface area contributed by atoms with Gasteiger partial charge in [0.25, 0.3) is 11.8 Å². The highest BCUT2D eigenvalue weighted by Gasteiger charge is 2.47. The van der Waals surface area contributed by atoms with Crippen LogP contribution >= 0.6 is 0 Å². The summed E-state index contributed by atoms with van der Waals surface area (Å²) in [4.78, 5) is 29.7. The van der Waals surface area contributed by atoms with Crippen LogP contribution in [0.3, 0.4) is 0 Å². The van der Waals surface area contributed by atoms with Gasteiger partial charge in [0.15, 0.2) is 0 Å². The van der Waals surface area contributed by atoms with Gasteiger partial charge in [-0.05, 0) is 25.5 Å². The number of hydrogen-bond acceptors (Lipinski definition) is 4. The molecule has 1 saturated heterocycles. The fraction of sp³-hybridized carbons (Fsp3) is 0.611. The van der Waals surface area contributed by atoms with Crippen molar-refractivity contribution in [3.8, 4) is 0 Å². The fourth-order valence-electron chi connectivity index (χ4n) is 2.82. The van der Waals surface area contributed by atoms with Crippen molar-refractivity contribution < 1.29 is 23.4 Å². The van der Waals surface area contributed by atoms with Gasteiger partial charge in [-0.2, -0.15) is 0 Å². The van der Waals surface area contributed by atoms with E-state index in [1.807, 2.05) is 20.8 Å². The van der Waals surface area contributed by atoms with Crippen molar-refractivity contribution >= 4 is 19.3 Å². The Bertz CT molecular complexity index is 646. The minimum atomic E-state index is -3.05. The Morgan fingerprint density at radius 1 is 1.48 bits per heavy atom. The zero-order chi connectivity index (χ0) is 20.6. The molecule has 0 unspecified atom stereocenters. The first-order valence-electron chi connectivity index (χ1n) is 9.19. The second-order valence-electron chi connectivity index (χ2n) is 6.22. The van der Waals surface area contributed by atoms with Crippen molar-refractivity contribution in [3.05, 3.63) is 29.6 Å². The number of pyridine rings is 1. The molecule has 0 aliphatic carbocycles. The van der Waals surface area contributed by atoms with E-state index >= 15 is 0 Å². The standard InChI is InChI=1S/C16H21BF2N3O3.C2H6/c1-3-4-12-7-11(5-6-20-12)14(23)21-10(2)15(24)22-9-16(18,19)8-13(22)17-25;1-2/h5-7,10,13,25H,3-4,8-9H2,1-2H3,(H,21,23);1-2H3/t10-,13-;/m0./s1. The van der Waals surface area contributed by atoms with Gasteiger partial charge in [0.2, 0.25) is 5.91 Å². The molecule has 2 rings (SSSR count). The lowest BCUT2D eigenvalue weighted by Crippen LogP contribution is -2.50. The summed E-state index contributed by atoms with van der Waals surface area (Å²) in [5.41, 5.74) is 1.12. The van der Waals surface area contributed by atoms with E-state index in [1.165, 1.54) is 19.2 Å². The van der Waals surface area contributed by atoms with E-state index in [0.717, 1.165) is 23.4 Å². The molecule has 1 aromatic heterocycles. The summed E-state index contributed by atoms with van der Waals surface area (Å²) in [6.07, 6.45) is 2.51. The van der Waals surface area contributed by atoms with Crippen molar-refractivity contribution in [3.63, 3.8) is 0 Å². The van der Waals surface area contributed by atoms with Gasteiger partial charge in [-0.25, -0.2) is 8.78 Å². The van der Waals surface area contributed by atoms with Gasteiger partial charge in [-0.15, -0.1) is 0 Å². The van der Waals surface area contributed by atoms with Gasteiger partial charge >= 0.3 is 7.48 Å². The molecule has 149 valence electrons. The van der Waals surface area contributed by atoms with E-state index in [2.05, 4.69) is 10.3 Å². The first-order chi connectivity index (χ1) is 12.8. The van der Waals surface area contributed by atoms with Crippen LogP contribution in [0, 0.1) is 0 Å². The van der Waals surface area contributed by atoms with Crippen molar-refractivity contribution in [2.75, 3.05) is 6.54 Å². The number of halogens is 2. The Kier molecular flexibility index (Phi) is 8.82. The third kappa shape index (κ3) is 6.27. The number of rotatable bonds is 6. The van der Waals surface area contributed by atoms with Crippen LogP contribution in [0.2, 0.25) is 0 Å². The Hall–Kier alpha value is -2.03. The molecule has 6 nitrogen and oxygen atoms in total. The van der Waals surface area contributed by atoms with Gasteiger partial charge < -0.3 is 15.2 Å². The molecule has 2 amide bonds. The molecule has 1 fully saturated rings. The molecule has 2 heterocycles. The summed E-state index contributed by atoms with van der Waals surface area (Å²) in [5.74, 6) is -5.25. The summed E-state index contributed by atoms with van der Waals surface area (Å²) in [6, 6.07) is 2.18. The van der Waals surface area contributed by atoms with E-state index < -0.39 is 42.7 Å². The smallest absolute Gasteiger partial charge is 0.312 e. The maximum atomic E-state index is 13.5. The van der Waals surface area contributed by atoms with E-state index in [4.69, 9.17) is 5.02 Å². The normalized spacial score (nSPS) is 18.9. The number of nitrogens with one attached hydrogen (secondary N) is 1. The third-order valence-electron chi connectivity index (χ3n) is 4.07. The number of aromatic nitrogens is 1. The summed E-state index contributed by atoms with van der Waals surface area (Å²) in [5, 5.41) is 11.6. The average Bonchev–Trinajstić information content (AvgIpc) is 2.98. The topological polar surface area (TPSA) is 82.5 Å². The Labute approximate surface area is 159 Å². The fourth-order valence-corrected chi connectivity index (χ4v) is 2.82. The number of aryl methyl sites for hydroxylation is 1. The summed E-state index contributed by atoms with van der Waals surface area (Å²) in [6.45, 7) is 6.65. The lowest BCUT2D eigenvalue weighted by Gasteiger charge is -2.25. The highest BCUT2D eigenvalue weighted by atomic mass is 19.3. The molecule has 0 bridgehead atoms. The zero-order valence-electron chi connectivity index (χ0n) is 16.2. The third-order valence-corrected chi connectivity index (χ3v) is 4.07. The molecule has 0 saturated carbocycles. The summed E-state index contributed by atoms with van der Waals surface area (Å²) < 4.78 is 27.0. The second kappa shape index (κ2) is 10.3. The van der Waals surface area contributed by atoms with Crippen molar-refractivity contribution in [2.24, 2.45) is 0 Å². The molecular formula is C18H27BF2N3O3. The minimum Gasteiger partial charge on any atom is -0.452 e. The van der Waals surface area contributed by atoms with Gasteiger partial charge in [0.1, 0.15) is 6.04 Å². The van der Waals surface area contributed by atoms with Crippen LogP contribution in [-0.2, 0) is 11.2 Å². The van der Waals surface area contributed by atoms with Crippen LogP contribution in [0.25, 0.3) is 0 Å². The van der Waals surface area contributed by atoms with Gasteiger partial charge in [-0.1, -0.05) is 27.2 Å². The number of hydrogen-bond donors (Lipinski definition) is 2. The van der Waals surface area contributed by atoms with E-state index in [1.54, 1.807) is 6.07 Å². The molecular weight excluding hydrogens is 355 g/mol. The maximum Gasteiger partial charge on any atom is 0.312 e. The van der Waals surface area contributed by atoms with Gasteiger partial charge in [0.05, 0.1) is 6.54 Å². The lowest BCUT2D eigenvalue weighted by molar-refractivity contribution is -0.134. The van der Waals surface area contributed by atoms with Crippen LogP contribution in [0.5, 0.6) is 0 Å². The van der Waals surface area contributed by atoms with Crippen LogP contribution in [0.15, 0.2) is 18.3 Å². The number of carbonyl (C=O) groups excluding carboxylic acids is 2. The lowest BCUT2D eigenvalue weighted by atomic mass is 9.85. The molecule has 0 spiro atoms. The van der Waals surface area contributed by atoms with E-state index in [-0.39, 0.29) is 0 Å². The first-order valence-corrected chi connectivity index (χ1v) is 9.19. The Balaban J connectivity index is 0.00000176. The van der Waals surface area contributed by atoms with Gasteiger partial charge in [0, 0.05) is 29.8 Å². The van der Waals surface area contributed by atoms with Gasteiger partial charge in [-0.3, -0.25) is 14.6 Å². The summed E-state index contributed by atoms with van der Waals surface area (Å²) in [7, 11) is 0.591. The number of likely N-dealkylation sites (tertiary alicyclic amines) is 1. The zero-order valence-corrected chi connectivity index (χ0v) is 16.2. The van der Waals surface area contributed by atoms with Crippen molar-refractivity contribution in [1.82, 2.24) is 15.2 Å². The van der Waals surface area contributed by atoms with E-state index in [0.29, 0.717) is 13.0 Å². The highest BCUT2D eigenvalue weighted by Crippen LogP contribution is 2.31. The second-order valence-corrected chi connectivity index (χ2v) is 6.22. The largest absolute Gasteiger partial charge is 0.452 e. The number of nitrogens with zero attached hydrogens (tertiary/aromatic N) is 2. The molecule has 27 heavy (non-hydrogen) atoms. The van der Waals surface area contributed by atoms with Crippen LogP contribution in [-0.4, -0.2) is 58.7 Å². The molecule has 1 radical (unpaired) electrons. The van der Waals surface area contributed by atoms with Crippen LogP contribution in [0.1, 0.15) is 56.6 Å². The molecule has 1 aliphatic heterocycles. The average molecular weight is 382 g/mol. The maximum absolute atomic E-state index is 13.5. The molecule has 2 N–H and O–H groups in total. The predicted molar refractivity (Wildman–Crippen MR) is 99.5 cm³/mol. The van der Waals surface area contributed by atoms with E-state index in [9.17, 15) is 18.4 Å². The highest BCUT2D eigenvalue weighted by molar-refractivity contribution is 6.28. The summed E-state index contributed by atoms with van der Waals surface area (Å²) >= 11 is 0. The SMILES string of the molecule is CC.CCCc1cc(C(=O)N[C@@H](C)C(=O)N2CC(F)(F)C[C@H]2[B]O)ccn1. The van der Waals surface area contributed by atoms with Crippen LogP contribution in [0.4, 0.5) is 8.78 Å². The molecule has 9 heteroatoms.